The van der Waals surface area contributed by atoms with Gasteiger partial charge in [-0.3, -0.25) is 0 Å². The van der Waals surface area contributed by atoms with Crippen LogP contribution in [0.1, 0.15) is 34.6 Å². The van der Waals surface area contributed by atoms with Crippen LogP contribution in [0.5, 0.6) is 0 Å². The van der Waals surface area contributed by atoms with E-state index in [9.17, 15) is 4.79 Å². The average Bonchev–Trinajstić information content (AvgIpc) is 1.81. The summed E-state index contributed by atoms with van der Waals surface area (Å²) in [7, 11) is 0. The summed E-state index contributed by atoms with van der Waals surface area (Å²) in [5, 5.41) is 8.96. The molecule has 1 atom stereocenters. The van der Waals surface area contributed by atoms with Crippen molar-refractivity contribution in [3.8, 4) is 0 Å². The van der Waals surface area contributed by atoms with Crippen molar-refractivity contribution >= 4 is 20.5 Å². The summed E-state index contributed by atoms with van der Waals surface area (Å²) in [6.07, 6.45) is 0. The first-order valence-electron chi connectivity index (χ1n) is 4.28. The molecule has 0 aromatic rings. The van der Waals surface area contributed by atoms with Crippen LogP contribution >= 0.6 is 0 Å². The second-order valence-corrected chi connectivity index (χ2v) is 8.89. The van der Waals surface area contributed by atoms with Crippen LogP contribution in [0, 0.1) is 0 Å². The van der Waals surface area contributed by atoms with Gasteiger partial charge in [0, 0.05) is 0 Å². The minimum atomic E-state index is -0.900. The van der Waals surface area contributed by atoms with Gasteiger partial charge in [0.2, 0.25) is 0 Å². The van der Waals surface area contributed by atoms with Crippen molar-refractivity contribution in [2.75, 3.05) is 6.61 Å². The van der Waals surface area contributed by atoms with Crippen LogP contribution in [-0.4, -0.2) is 37.8 Å². The summed E-state index contributed by atoms with van der Waals surface area (Å²) < 4.78 is 4.79. The van der Waals surface area contributed by atoms with Crippen molar-refractivity contribution in [3.63, 3.8) is 0 Å². The van der Waals surface area contributed by atoms with Crippen molar-refractivity contribution < 1.29 is 14.6 Å². The number of hydrogen-bond donors (Lipinski definition) is 1. The Morgan fingerprint density at radius 3 is 2.08 bits per heavy atom. The van der Waals surface area contributed by atoms with E-state index >= 15 is 0 Å². The Morgan fingerprint density at radius 1 is 1.31 bits per heavy atom. The van der Waals surface area contributed by atoms with E-state index in [1.54, 1.807) is 0 Å². The Kier molecular flexibility index (Phi) is 4.47. The fourth-order valence-electron chi connectivity index (χ4n) is 0.619. The quantitative estimate of drug-likeness (QED) is 0.773. The first kappa shape index (κ1) is 13.0. The molecule has 78 valence electrons. The summed E-state index contributed by atoms with van der Waals surface area (Å²) >= 11 is -0.900. The topological polar surface area (TPSA) is 46.5 Å². The first-order chi connectivity index (χ1) is 5.66. The van der Waals surface area contributed by atoms with Gasteiger partial charge in [0.1, 0.15) is 0 Å². The van der Waals surface area contributed by atoms with Gasteiger partial charge in [0.15, 0.2) is 0 Å². The second kappa shape index (κ2) is 4.47. The van der Waals surface area contributed by atoms with Crippen LogP contribution in [0.4, 0.5) is 4.79 Å². The molecule has 0 aliphatic carbocycles. The van der Waals surface area contributed by atoms with Crippen molar-refractivity contribution in [2.45, 2.75) is 44.4 Å². The zero-order chi connectivity index (χ0) is 10.7. The second-order valence-electron chi connectivity index (χ2n) is 4.67. The number of aliphatic hydroxyl groups is 1. The van der Waals surface area contributed by atoms with Crippen molar-refractivity contribution in [1.29, 1.82) is 0 Å². The number of ether oxygens (including phenoxy) is 1. The Bertz CT molecular complexity index is 182. The number of carbonyl (C=O) groups is 1. The first-order valence-corrected chi connectivity index (χ1v) is 6.38. The molecule has 13 heavy (non-hydrogen) atoms. The number of carbonyl (C=O) groups excluding carboxylic acids is 1. The molecule has 0 bridgehead atoms. The standard InChI is InChI=1S/C9H19AsO3/c1-8(2,3)13-7(12)10-9(4,5)6-11/h10-11H,6H2,1-5H3. The molecule has 0 fully saturated rings. The molecule has 1 unspecified atom stereocenters. The molecular weight excluding hydrogens is 231 g/mol. The Balaban J connectivity index is 4.03. The van der Waals surface area contributed by atoms with E-state index in [1.807, 2.05) is 34.6 Å². The Labute approximate surface area is 86.5 Å². The van der Waals surface area contributed by atoms with E-state index in [-0.39, 0.29) is 15.6 Å². The van der Waals surface area contributed by atoms with E-state index in [1.165, 1.54) is 0 Å². The molecule has 0 heterocycles. The molecule has 0 aromatic heterocycles. The van der Waals surface area contributed by atoms with Gasteiger partial charge in [-0.2, -0.15) is 0 Å². The van der Waals surface area contributed by atoms with Gasteiger partial charge in [0.05, 0.1) is 0 Å². The number of aliphatic hydroxyl groups excluding tert-OH is 1. The molecule has 0 aliphatic rings. The van der Waals surface area contributed by atoms with Gasteiger partial charge >= 0.3 is 86.2 Å². The van der Waals surface area contributed by atoms with Gasteiger partial charge in [-0.15, -0.1) is 0 Å². The Morgan fingerprint density at radius 2 is 1.77 bits per heavy atom. The molecule has 0 radical (unpaired) electrons. The molecule has 0 saturated carbocycles. The SMILES string of the molecule is CC(C)(C)OC(=O)[AsH]C(C)(C)CO. The van der Waals surface area contributed by atoms with Crippen molar-refractivity contribution in [2.24, 2.45) is 0 Å². The van der Waals surface area contributed by atoms with Crippen LogP contribution < -0.4 is 0 Å². The zero-order valence-corrected chi connectivity index (χ0v) is 11.1. The summed E-state index contributed by atoms with van der Waals surface area (Å²) in [4.78, 5) is 11.4. The molecule has 0 rings (SSSR count). The normalized spacial score (nSPS) is 13.7. The molecular formula is C9H19AsO3. The molecule has 0 aliphatic heterocycles. The van der Waals surface area contributed by atoms with Crippen LogP contribution in [0.3, 0.4) is 0 Å². The average molecular weight is 250 g/mol. The predicted molar refractivity (Wildman–Crippen MR) is 54.5 cm³/mol. The third kappa shape index (κ3) is 7.09. The fraction of sp³-hybridized carbons (Fsp3) is 0.889. The molecule has 0 aromatic carbocycles. The summed E-state index contributed by atoms with van der Waals surface area (Å²) in [5.74, 6) is 0. The van der Waals surface area contributed by atoms with Gasteiger partial charge in [-0.05, 0) is 0 Å². The number of rotatable bonds is 3. The molecule has 0 amide bonds. The fourth-order valence-corrected chi connectivity index (χ4v) is 2.69. The van der Waals surface area contributed by atoms with Crippen LogP contribution in [0.2, 0.25) is 4.20 Å². The van der Waals surface area contributed by atoms with Gasteiger partial charge in [-0.1, -0.05) is 0 Å². The molecule has 1 N–H and O–H groups in total. The molecule has 0 spiro atoms. The maximum atomic E-state index is 11.4. The third-order valence-electron chi connectivity index (χ3n) is 1.23. The minimum absolute atomic E-state index is 0.0479. The van der Waals surface area contributed by atoms with Crippen LogP contribution in [-0.2, 0) is 4.74 Å². The van der Waals surface area contributed by atoms with Crippen molar-refractivity contribution in [1.82, 2.24) is 0 Å². The van der Waals surface area contributed by atoms with Crippen LogP contribution in [0.25, 0.3) is 0 Å². The van der Waals surface area contributed by atoms with E-state index < -0.39 is 21.4 Å². The monoisotopic (exact) mass is 250 g/mol. The third-order valence-corrected chi connectivity index (χ3v) is 3.63. The van der Waals surface area contributed by atoms with Gasteiger partial charge < -0.3 is 0 Å². The zero-order valence-electron chi connectivity index (χ0n) is 8.97. The number of hydrogen-bond acceptors (Lipinski definition) is 3. The molecule has 4 heteroatoms. The van der Waals surface area contributed by atoms with Crippen molar-refractivity contribution in [3.05, 3.63) is 0 Å². The van der Waals surface area contributed by atoms with Gasteiger partial charge in [-0.25, -0.2) is 0 Å². The summed E-state index contributed by atoms with van der Waals surface area (Å²) in [6, 6.07) is 0. The Hall–Kier alpha value is -0.0116. The maximum absolute atomic E-state index is 11.4. The van der Waals surface area contributed by atoms with E-state index in [2.05, 4.69) is 0 Å². The summed E-state index contributed by atoms with van der Waals surface area (Å²) in [6.45, 7) is 9.37. The van der Waals surface area contributed by atoms with E-state index in [0.717, 1.165) is 0 Å². The molecule has 0 saturated heterocycles. The summed E-state index contributed by atoms with van der Waals surface area (Å²) in [5.41, 5.74) is -0.411. The predicted octanol–water partition coefficient (Wildman–Crippen LogP) is 1.55. The van der Waals surface area contributed by atoms with E-state index in [0.29, 0.717) is 0 Å². The molecule has 3 nitrogen and oxygen atoms in total. The van der Waals surface area contributed by atoms with Crippen LogP contribution in [0.15, 0.2) is 0 Å². The van der Waals surface area contributed by atoms with E-state index in [4.69, 9.17) is 9.84 Å². The van der Waals surface area contributed by atoms with Gasteiger partial charge in [0.25, 0.3) is 0 Å².